The Hall–Kier alpha value is -0.570. The second kappa shape index (κ2) is 6.02. The lowest BCUT2D eigenvalue weighted by Crippen LogP contribution is -2.43. The van der Waals surface area contributed by atoms with Crippen molar-refractivity contribution in [1.82, 2.24) is 4.90 Å². The third-order valence-electron chi connectivity index (χ3n) is 2.64. The third-order valence-corrected chi connectivity index (χ3v) is 2.64. The number of carbonyl (C=O) groups is 1. The summed E-state index contributed by atoms with van der Waals surface area (Å²) in [4.78, 5) is 13.9. The maximum atomic E-state index is 12.0. The summed E-state index contributed by atoms with van der Waals surface area (Å²) in [5.74, 6) is 0.229. The van der Waals surface area contributed by atoms with Gasteiger partial charge in [0.15, 0.2) is 0 Å². The first-order valence-corrected chi connectivity index (χ1v) is 5.49. The van der Waals surface area contributed by atoms with Gasteiger partial charge in [-0.3, -0.25) is 4.79 Å². The Morgan fingerprint density at radius 3 is 2.21 bits per heavy atom. The van der Waals surface area contributed by atoms with Crippen molar-refractivity contribution in [2.24, 2.45) is 11.1 Å². The Bertz CT molecular complexity index is 172. The van der Waals surface area contributed by atoms with Gasteiger partial charge in [-0.25, -0.2) is 0 Å². The molecule has 3 heteroatoms. The molecule has 0 saturated carbocycles. The quantitative estimate of drug-likeness (QED) is 0.708. The molecule has 0 bridgehead atoms. The Morgan fingerprint density at radius 2 is 1.86 bits per heavy atom. The molecule has 0 aromatic carbocycles. The van der Waals surface area contributed by atoms with Crippen molar-refractivity contribution < 1.29 is 4.79 Å². The predicted octanol–water partition coefficient (Wildman–Crippen LogP) is 1.62. The van der Waals surface area contributed by atoms with Gasteiger partial charge in [-0.2, -0.15) is 0 Å². The van der Waals surface area contributed by atoms with Crippen LogP contribution in [0.5, 0.6) is 0 Å². The molecule has 0 atom stereocenters. The molecule has 0 spiro atoms. The van der Waals surface area contributed by atoms with Gasteiger partial charge in [-0.1, -0.05) is 27.7 Å². The molecule has 2 N–H and O–H groups in total. The van der Waals surface area contributed by atoms with Crippen molar-refractivity contribution in [2.75, 3.05) is 19.6 Å². The van der Waals surface area contributed by atoms with Gasteiger partial charge < -0.3 is 10.6 Å². The van der Waals surface area contributed by atoms with E-state index in [9.17, 15) is 4.79 Å². The molecule has 0 aliphatic heterocycles. The van der Waals surface area contributed by atoms with Gasteiger partial charge in [-0.05, 0) is 12.8 Å². The number of carbonyl (C=O) groups excluding carboxylic acids is 1. The number of rotatable bonds is 6. The van der Waals surface area contributed by atoms with Crippen LogP contribution < -0.4 is 5.73 Å². The Labute approximate surface area is 87.6 Å². The molecule has 0 heterocycles. The molecule has 0 radical (unpaired) electrons. The summed E-state index contributed by atoms with van der Waals surface area (Å²) in [6.07, 6.45) is 1.86. The maximum Gasteiger partial charge on any atom is 0.228 e. The van der Waals surface area contributed by atoms with Gasteiger partial charge in [0.05, 0.1) is 0 Å². The standard InChI is InChI=1S/C11H24N2O/c1-5-8-13(9-7-12)10(14)11(3,4)6-2/h5-9,12H2,1-4H3. The van der Waals surface area contributed by atoms with Crippen molar-refractivity contribution >= 4 is 5.91 Å². The van der Waals surface area contributed by atoms with E-state index in [1.807, 2.05) is 25.7 Å². The molecule has 84 valence electrons. The monoisotopic (exact) mass is 200 g/mol. The van der Waals surface area contributed by atoms with Crippen LogP contribution in [0.25, 0.3) is 0 Å². The predicted molar refractivity (Wildman–Crippen MR) is 60.0 cm³/mol. The van der Waals surface area contributed by atoms with E-state index in [0.717, 1.165) is 19.4 Å². The molecule has 3 nitrogen and oxygen atoms in total. The summed E-state index contributed by atoms with van der Waals surface area (Å²) >= 11 is 0. The average Bonchev–Trinajstić information content (AvgIpc) is 2.16. The average molecular weight is 200 g/mol. The molecule has 1 amide bonds. The molecule has 0 saturated heterocycles. The lowest BCUT2D eigenvalue weighted by atomic mass is 9.88. The second-order valence-electron chi connectivity index (χ2n) is 4.32. The van der Waals surface area contributed by atoms with E-state index >= 15 is 0 Å². The van der Waals surface area contributed by atoms with Crippen LogP contribution in [0, 0.1) is 5.41 Å². The largest absolute Gasteiger partial charge is 0.341 e. The zero-order valence-electron chi connectivity index (χ0n) is 9.97. The summed E-state index contributed by atoms with van der Waals surface area (Å²) in [5, 5.41) is 0. The molecule has 0 aromatic rings. The van der Waals surface area contributed by atoms with Crippen LogP contribution in [-0.4, -0.2) is 30.4 Å². The fourth-order valence-corrected chi connectivity index (χ4v) is 1.32. The van der Waals surface area contributed by atoms with E-state index in [2.05, 4.69) is 6.92 Å². The van der Waals surface area contributed by atoms with E-state index in [4.69, 9.17) is 5.73 Å². The molecular formula is C11H24N2O. The molecule has 0 unspecified atom stereocenters. The fraction of sp³-hybridized carbons (Fsp3) is 0.909. The summed E-state index contributed by atoms with van der Waals surface area (Å²) in [5.41, 5.74) is 5.24. The van der Waals surface area contributed by atoms with E-state index < -0.39 is 0 Å². The minimum Gasteiger partial charge on any atom is -0.341 e. The van der Waals surface area contributed by atoms with Crippen LogP contribution in [0.1, 0.15) is 40.5 Å². The number of nitrogens with zero attached hydrogens (tertiary/aromatic N) is 1. The zero-order chi connectivity index (χ0) is 11.2. The molecule has 0 aliphatic rings. The third kappa shape index (κ3) is 3.66. The molecule has 0 aromatic heterocycles. The van der Waals surface area contributed by atoms with Gasteiger partial charge in [0.25, 0.3) is 0 Å². The van der Waals surface area contributed by atoms with Crippen LogP contribution in [0.15, 0.2) is 0 Å². The van der Waals surface area contributed by atoms with Gasteiger partial charge in [0.2, 0.25) is 5.91 Å². The minimum absolute atomic E-state index is 0.229. The number of nitrogens with two attached hydrogens (primary N) is 1. The number of hydrogen-bond donors (Lipinski definition) is 1. The van der Waals surface area contributed by atoms with Crippen molar-refractivity contribution in [1.29, 1.82) is 0 Å². The first-order valence-electron chi connectivity index (χ1n) is 5.49. The van der Waals surface area contributed by atoms with E-state index in [-0.39, 0.29) is 11.3 Å². The van der Waals surface area contributed by atoms with E-state index in [0.29, 0.717) is 13.1 Å². The summed E-state index contributed by atoms with van der Waals surface area (Å²) < 4.78 is 0. The summed E-state index contributed by atoms with van der Waals surface area (Å²) in [6.45, 7) is 10.2. The van der Waals surface area contributed by atoms with Crippen LogP contribution in [0.3, 0.4) is 0 Å². The van der Waals surface area contributed by atoms with Gasteiger partial charge in [0, 0.05) is 25.0 Å². The lowest BCUT2D eigenvalue weighted by molar-refractivity contribution is -0.140. The highest BCUT2D eigenvalue weighted by Gasteiger charge is 2.29. The molecule has 14 heavy (non-hydrogen) atoms. The van der Waals surface area contributed by atoms with E-state index in [1.54, 1.807) is 0 Å². The van der Waals surface area contributed by atoms with Crippen LogP contribution in [-0.2, 0) is 4.79 Å². The first-order chi connectivity index (χ1) is 6.49. The van der Waals surface area contributed by atoms with Crippen LogP contribution in [0.2, 0.25) is 0 Å². The SMILES string of the molecule is CCCN(CCN)C(=O)C(C)(C)CC. The highest BCUT2D eigenvalue weighted by Crippen LogP contribution is 2.22. The van der Waals surface area contributed by atoms with Crippen molar-refractivity contribution in [3.05, 3.63) is 0 Å². The van der Waals surface area contributed by atoms with Gasteiger partial charge in [-0.15, -0.1) is 0 Å². The Morgan fingerprint density at radius 1 is 1.29 bits per heavy atom. The van der Waals surface area contributed by atoms with Crippen LogP contribution >= 0.6 is 0 Å². The van der Waals surface area contributed by atoms with Gasteiger partial charge >= 0.3 is 0 Å². The van der Waals surface area contributed by atoms with E-state index in [1.165, 1.54) is 0 Å². The Kier molecular flexibility index (Phi) is 5.77. The highest BCUT2D eigenvalue weighted by molar-refractivity contribution is 5.81. The van der Waals surface area contributed by atoms with Crippen molar-refractivity contribution in [3.63, 3.8) is 0 Å². The molecular weight excluding hydrogens is 176 g/mol. The number of amides is 1. The lowest BCUT2D eigenvalue weighted by Gasteiger charge is -2.30. The highest BCUT2D eigenvalue weighted by atomic mass is 16.2. The second-order valence-corrected chi connectivity index (χ2v) is 4.32. The zero-order valence-corrected chi connectivity index (χ0v) is 9.97. The van der Waals surface area contributed by atoms with Gasteiger partial charge in [0.1, 0.15) is 0 Å². The Balaban J connectivity index is 4.41. The fourth-order valence-electron chi connectivity index (χ4n) is 1.32. The topological polar surface area (TPSA) is 46.3 Å². The molecule has 0 rings (SSSR count). The van der Waals surface area contributed by atoms with Crippen LogP contribution in [0.4, 0.5) is 0 Å². The summed E-state index contributed by atoms with van der Waals surface area (Å²) in [6, 6.07) is 0. The first kappa shape index (κ1) is 13.4. The summed E-state index contributed by atoms with van der Waals surface area (Å²) in [7, 11) is 0. The number of hydrogen-bond acceptors (Lipinski definition) is 2. The van der Waals surface area contributed by atoms with Crippen molar-refractivity contribution in [2.45, 2.75) is 40.5 Å². The maximum absolute atomic E-state index is 12.0. The smallest absolute Gasteiger partial charge is 0.228 e. The van der Waals surface area contributed by atoms with Crippen molar-refractivity contribution in [3.8, 4) is 0 Å². The molecule has 0 fully saturated rings. The minimum atomic E-state index is -0.246. The molecule has 0 aliphatic carbocycles. The normalized spacial score (nSPS) is 11.5.